The number of hydrogen-bond donors (Lipinski definition) is 2. The van der Waals surface area contributed by atoms with Crippen LogP contribution in [0.4, 0.5) is 5.82 Å². The number of hydrogen-bond acceptors (Lipinski definition) is 6. The zero-order valence-corrected chi connectivity index (χ0v) is 12.0. The van der Waals surface area contributed by atoms with Gasteiger partial charge < -0.3 is 10.2 Å². The van der Waals surface area contributed by atoms with Gasteiger partial charge in [0.1, 0.15) is 11.4 Å². The molecule has 1 aliphatic rings. The second-order valence-corrected chi connectivity index (χ2v) is 5.24. The molecule has 1 aliphatic heterocycles. The number of benzene rings is 1. The molecule has 3 aromatic rings. The van der Waals surface area contributed by atoms with Crippen molar-refractivity contribution in [2.75, 3.05) is 5.73 Å². The average molecular weight is 323 g/mol. The van der Waals surface area contributed by atoms with Crippen molar-refractivity contribution in [1.29, 1.82) is 0 Å². The second kappa shape index (κ2) is 4.66. The standard InChI is InChI=1S/C16H9N3O5/c17-14-13-9(15(22)18-16(13)23)6-12(21)19(14)7-1-2-11-8(5-7)10(20)3-4-24-11/h1-6H,17H2,(H,18,22,23). The quantitative estimate of drug-likeness (QED) is 0.625. The van der Waals surface area contributed by atoms with Gasteiger partial charge in [-0.15, -0.1) is 0 Å². The van der Waals surface area contributed by atoms with E-state index in [1.165, 1.54) is 30.5 Å². The third kappa shape index (κ3) is 1.80. The molecule has 0 unspecified atom stereocenters. The summed E-state index contributed by atoms with van der Waals surface area (Å²) in [4.78, 5) is 47.8. The van der Waals surface area contributed by atoms with E-state index < -0.39 is 17.4 Å². The lowest BCUT2D eigenvalue weighted by Crippen LogP contribution is -2.24. The molecule has 3 heterocycles. The Bertz CT molecular complexity index is 1170. The van der Waals surface area contributed by atoms with Crippen LogP contribution in [0.1, 0.15) is 20.7 Å². The molecule has 2 amide bonds. The molecule has 0 atom stereocenters. The topological polar surface area (TPSA) is 124 Å². The first-order chi connectivity index (χ1) is 11.5. The van der Waals surface area contributed by atoms with E-state index in [-0.39, 0.29) is 27.8 Å². The minimum absolute atomic E-state index is 0.0557. The van der Waals surface area contributed by atoms with Crippen LogP contribution in [0.25, 0.3) is 16.7 Å². The number of aromatic nitrogens is 1. The number of imide groups is 1. The number of nitrogens with two attached hydrogens (primary N) is 1. The molecule has 0 fully saturated rings. The first-order valence-electron chi connectivity index (χ1n) is 6.90. The summed E-state index contributed by atoms with van der Waals surface area (Å²) >= 11 is 0. The number of pyridine rings is 1. The highest BCUT2D eigenvalue weighted by Gasteiger charge is 2.31. The summed E-state index contributed by atoms with van der Waals surface area (Å²) in [7, 11) is 0. The van der Waals surface area contributed by atoms with Gasteiger partial charge >= 0.3 is 0 Å². The van der Waals surface area contributed by atoms with Gasteiger partial charge in [0.25, 0.3) is 17.4 Å². The summed E-state index contributed by atoms with van der Waals surface area (Å²) < 4.78 is 6.29. The number of carbonyl (C=O) groups is 2. The SMILES string of the molecule is Nc1c2c(cc(=O)n1-c1ccc3occc(=O)c3c1)C(=O)NC2=O. The van der Waals surface area contributed by atoms with Crippen LogP contribution < -0.4 is 22.0 Å². The van der Waals surface area contributed by atoms with Gasteiger partial charge in [-0.1, -0.05) is 0 Å². The average Bonchev–Trinajstić information content (AvgIpc) is 2.82. The molecule has 3 N–H and O–H groups in total. The zero-order chi connectivity index (χ0) is 17.0. The van der Waals surface area contributed by atoms with Crippen LogP contribution in [-0.2, 0) is 0 Å². The fourth-order valence-corrected chi connectivity index (χ4v) is 2.76. The Morgan fingerprint density at radius 1 is 1.00 bits per heavy atom. The van der Waals surface area contributed by atoms with E-state index >= 15 is 0 Å². The van der Waals surface area contributed by atoms with Crippen molar-refractivity contribution in [2.24, 2.45) is 0 Å². The molecule has 0 spiro atoms. The first-order valence-corrected chi connectivity index (χ1v) is 6.90. The fourth-order valence-electron chi connectivity index (χ4n) is 2.76. The van der Waals surface area contributed by atoms with E-state index in [2.05, 4.69) is 5.32 Å². The van der Waals surface area contributed by atoms with Crippen molar-refractivity contribution in [2.45, 2.75) is 0 Å². The highest BCUT2D eigenvalue weighted by atomic mass is 16.3. The second-order valence-electron chi connectivity index (χ2n) is 5.24. The number of anilines is 1. The molecule has 2 aromatic heterocycles. The summed E-state index contributed by atoms with van der Waals surface area (Å²) in [5.74, 6) is -1.49. The summed E-state index contributed by atoms with van der Waals surface area (Å²) in [6, 6.07) is 6.80. The summed E-state index contributed by atoms with van der Waals surface area (Å²) in [6.07, 6.45) is 1.27. The van der Waals surface area contributed by atoms with Gasteiger partial charge in [0.2, 0.25) is 0 Å². The lowest BCUT2D eigenvalue weighted by Gasteiger charge is -2.12. The molecule has 0 saturated heterocycles. The lowest BCUT2D eigenvalue weighted by molar-refractivity contribution is 0.0880. The van der Waals surface area contributed by atoms with E-state index in [1.54, 1.807) is 0 Å². The van der Waals surface area contributed by atoms with Crippen molar-refractivity contribution in [3.63, 3.8) is 0 Å². The van der Waals surface area contributed by atoms with Crippen molar-refractivity contribution in [3.05, 3.63) is 68.3 Å². The number of carbonyl (C=O) groups excluding carboxylic acids is 2. The maximum absolute atomic E-state index is 12.4. The van der Waals surface area contributed by atoms with E-state index in [0.29, 0.717) is 11.3 Å². The number of amides is 2. The van der Waals surface area contributed by atoms with Crippen LogP contribution >= 0.6 is 0 Å². The lowest BCUT2D eigenvalue weighted by atomic mass is 10.1. The third-order valence-electron chi connectivity index (χ3n) is 3.85. The van der Waals surface area contributed by atoms with Crippen LogP contribution in [-0.4, -0.2) is 16.4 Å². The fraction of sp³-hybridized carbons (Fsp3) is 0. The number of nitrogens with zero attached hydrogens (tertiary/aromatic N) is 1. The Hall–Kier alpha value is -3.68. The highest BCUT2D eigenvalue weighted by Crippen LogP contribution is 2.24. The van der Waals surface area contributed by atoms with Gasteiger partial charge in [-0.2, -0.15) is 0 Å². The van der Waals surface area contributed by atoms with Crippen LogP contribution in [0.3, 0.4) is 0 Å². The Labute approximate surface area is 133 Å². The smallest absolute Gasteiger partial charge is 0.262 e. The normalized spacial score (nSPS) is 13.2. The van der Waals surface area contributed by atoms with Crippen LogP contribution in [0, 0.1) is 0 Å². The van der Waals surface area contributed by atoms with E-state index in [1.807, 2.05) is 0 Å². The molecule has 118 valence electrons. The first kappa shape index (κ1) is 13.9. The Morgan fingerprint density at radius 3 is 2.58 bits per heavy atom. The molecule has 24 heavy (non-hydrogen) atoms. The zero-order valence-electron chi connectivity index (χ0n) is 12.0. The third-order valence-corrected chi connectivity index (χ3v) is 3.85. The van der Waals surface area contributed by atoms with Gasteiger partial charge in [-0.3, -0.25) is 29.1 Å². The maximum atomic E-state index is 12.4. The van der Waals surface area contributed by atoms with E-state index in [9.17, 15) is 19.2 Å². The number of nitrogens with one attached hydrogen (secondary N) is 1. The number of fused-ring (bicyclic) bond motifs is 2. The number of nitrogen functional groups attached to an aromatic ring is 1. The number of rotatable bonds is 1. The molecular weight excluding hydrogens is 314 g/mol. The van der Waals surface area contributed by atoms with Crippen LogP contribution in [0.5, 0.6) is 0 Å². The summed E-state index contributed by atoms with van der Waals surface area (Å²) in [5.41, 5.74) is 5.62. The predicted molar refractivity (Wildman–Crippen MR) is 84.3 cm³/mol. The van der Waals surface area contributed by atoms with Crippen LogP contribution in [0.15, 0.2) is 50.6 Å². The summed E-state index contributed by atoms with van der Waals surface area (Å²) in [6.45, 7) is 0. The van der Waals surface area contributed by atoms with Crippen molar-refractivity contribution < 1.29 is 14.0 Å². The summed E-state index contributed by atoms with van der Waals surface area (Å²) in [5, 5.41) is 2.36. The monoisotopic (exact) mass is 323 g/mol. The van der Waals surface area contributed by atoms with Gasteiger partial charge in [0.15, 0.2) is 5.43 Å². The van der Waals surface area contributed by atoms with Crippen molar-refractivity contribution >= 4 is 28.6 Å². The van der Waals surface area contributed by atoms with Crippen molar-refractivity contribution in [3.8, 4) is 5.69 Å². The molecule has 0 radical (unpaired) electrons. The van der Waals surface area contributed by atoms with E-state index in [0.717, 1.165) is 10.6 Å². The molecule has 0 saturated carbocycles. The highest BCUT2D eigenvalue weighted by molar-refractivity contribution is 6.23. The molecule has 8 heteroatoms. The van der Waals surface area contributed by atoms with Gasteiger partial charge in [-0.25, -0.2) is 0 Å². The maximum Gasteiger partial charge on any atom is 0.262 e. The molecular formula is C16H9N3O5. The molecule has 8 nitrogen and oxygen atoms in total. The van der Waals surface area contributed by atoms with E-state index in [4.69, 9.17) is 10.2 Å². The predicted octanol–water partition coefficient (Wildman–Crippen LogP) is 0.410. The Balaban J connectivity index is 2.05. The molecule has 1 aromatic carbocycles. The van der Waals surface area contributed by atoms with Gasteiger partial charge in [0, 0.05) is 12.1 Å². The Morgan fingerprint density at radius 2 is 1.79 bits per heavy atom. The minimum atomic E-state index is -0.665. The van der Waals surface area contributed by atoms with Gasteiger partial charge in [-0.05, 0) is 18.2 Å². The van der Waals surface area contributed by atoms with Crippen LogP contribution in [0.2, 0.25) is 0 Å². The molecule has 0 bridgehead atoms. The van der Waals surface area contributed by atoms with Gasteiger partial charge in [0.05, 0.1) is 28.5 Å². The van der Waals surface area contributed by atoms with Crippen molar-refractivity contribution in [1.82, 2.24) is 9.88 Å². The molecule has 0 aliphatic carbocycles. The molecule has 4 rings (SSSR count). The largest absolute Gasteiger partial charge is 0.464 e. The minimum Gasteiger partial charge on any atom is -0.464 e. The Kier molecular flexibility index (Phi) is 2.71.